The zero-order valence-electron chi connectivity index (χ0n) is 17.3. The lowest BCUT2D eigenvalue weighted by atomic mass is 9.92. The maximum Gasteiger partial charge on any atom is 0.226 e. The van der Waals surface area contributed by atoms with E-state index < -0.39 is 0 Å². The Labute approximate surface area is 175 Å². The number of para-hydroxylation sites is 1. The van der Waals surface area contributed by atoms with Gasteiger partial charge in [0.2, 0.25) is 5.91 Å². The number of aromatic amines is 1. The van der Waals surface area contributed by atoms with Crippen molar-refractivity contribution in [2.75, 3.05) is 0 Å². The van der Waals surface area contributed by atoms with Crippen molar-refractivity contribution in [2.24, 2.45) is 0 Å². The number of hydrogen-bond donors (Lipinski definition) is 2. The Morgan fingerprint density at radius 2 is 2.00 bits per heavy atom. The van der Waals surface area contributed by atoms with E-state index in [0.717, 1.165) is 47.1 Å². The number of aryl methyl sites for hydroxylation is 2. The maximum absolute atomic E-state index is 12.8. The van der Waals surface area contributed by atoms with Gasteiger partial charge in [0.1, 0.15) is 0 Å². The Morgan fingerprint density at radius 3 is 2.83 bits per heavy atom. The van der Waals surface area contributed by atoms with E-state index in [2.05, 4.69) is 52.7 Å². The topological polar surface area (TPSA) is 75.6 Å². The van der Waals surface area contributed by atoms with Crippen LogP contribution in [0.4, 0.5) is 0 Å². The fourth-order valence-electron chi connectivity index (χ4n) is 4.56. The van der Waals surface area contributed by atoms with Crippen LogP contribution in [0.1, 0.15) is 47.0 Å². The minimum Gasteiger partial charge on any atom is -0.349 e. The summed E-state index contributed by atoms with van der Waals surface area (Å²) in [6.45, 7) is 4.21. The number of carbonyl (C=O) groups excluding carboxylic acids is 1. The summed E-state index contributed by atoms with van der Waals surface area (Å²) in [5.41, 5.74) is 7.60. The van der Waals surface area contributed by atoms with Crippen LogP contribution in [-0.4, -0.2) is 25.9 Å². The molecule has 0 radical (unpaired) electrons. The minimum absolute atomic E-state index is 0.00130. The molecule has 0 saturated carbocycles. The highest BCUT2D eigenvalue weighted by Crippen LogP contribution is 2.31. The van der Waals surface area contributed by atoms with Gasteiger partial charge in [-0.15, -0.1) is 0 Å². The first-order valence-electron chi connectivity index (χ1n) is 10.5. The molecule has 1 aliphatic rings. The van der Waals surface area contributed by atoms with Crippen LogP contribution in [0.3, 0.4) is 0 Å². The van der Waals surface area contributed by atoms with Gasteiger partial charge in [-0.25, -0.2) is 4.68 Å². The van der Waals surface area contributed by atoms with Crippen LogP contribution in [0, 0.1) is 13.8 Å². The Morgan fingerprint density at radius 1 is 1.20 bits per heavy atom. The van der Waals surface area contributed by atoms with E-state index >= 15 is 0 Å². The van der Waals surface area contributed by atoms with Crippen LogP contribution in [0.2, 0.25) is 0 Å². The smallest absolute Gasteiger partial charge is 0.226 e. The normalized spacial score (nSPS) is 15.9. The Hall–Kier alpha value is -3.41. The lowest BCUT2D eigenvalue weighted by molar-refractivity contribution is -0.121. The van der Waals surface area contributed by atoms with Gasteiger partial charge < -0.3 is 5.32 Å². The highest BCUT2D eigenvalue weighted by atomic mass is 16.1. The first-order valence-corrected chi connectivity index (χ1v) is 10.5. The van der Waals surface area contributed by atoms with E-state index in [9.17, 15) is 4.79 Å². The monoisotopic (exact) mass is 399 g/mol. The summed E-state index contributed by atoms with van der Waals surface area (Å²) >= 11 is 0. The Kier molecular flexibility index (Phi) is 4.62. The van der Waals surface area contributed by atoms with Crippen molar-refractivity contribution in [3.05, 3.63) is 76.7 Å². The first kappa shape index (κ1) is 18.6. The summed E-state index contributed by atoms with van der Waals surface area (Å²) in [4.78, 5) is 12.8. The molecule has 4 aromatic rings. The summed E-state index contributed by atoms with van der Waals surface area (Å²) in [6.07, 6.45) is 5.14. The molecule has 0 fully saturated rings. The van der Waals surface area contributed by atoms with Crippen molar-refractivity contribution >= 4 is 16.8 Å². The molecule has 30 heavy (non-hydrogen) atoms. The molecule has 152 valence electrons. The Balaban J connectivity index is 1.37. The molecule has 2 heterocycles. The Bertz CT molecular complexity index is 1220. The maximum atomic E-state index is 12.8. The summed E-state index contributed by atoms with van der Waals surface area (Å²) in [7, 11) is 0. The van der Waals surface area contributed by atoms with Crippen molar-refractivity contribution in [3.63, 3.8) is 0 Å². The van der Waals surface area contributed by atoms with Gasteiger partial charge in [-0.1, -0.05) is 24.3 Å². The molecule has 2 N–H and O–H groups in total. The molecule has 0 aliphatic heterocycles. The van der Waals surface area contributed by atoms with Crippen molar-refractivity contribution in [1.29, 1.82) is 0 Å². The molecule has 2 aromatic heterocycles. The highest BCUT2D eigenvalue weighted by molar-refractivity contribution is 5.87. The molecule has 0 bridgehead atoms. The van der Waals surface area contributed by atoms with Crippen molar-refractivity contribution in [3.8, 4) is 5.69 Å². The number of nitrogens with zero attached hydrogens (tertiary/aromatic N) is 3. The summed E-state index contributed by atoms with van der Waals surface area (Å²) in [6, 6.07) is 14.3. The van der Waals surface area contributed by atoms with E-state index in [0.29, 0.717) is 0 Å². The fourth-order valence-corrected chi connectivity index (χ4v) is 4.56. The number of H-pyrrole nitrogens is 1. The molecule has 1 amide bonds. The zero-order valence-corrected chi connectivity index (χ0v) is 17.3. The van der Waals surface area contributed by atoms with Gasteiger partial charge in [0.25, 0.3) is 0 Å². The third-order valence-electron chi connectivity index (χ3n) is 5.85. The van der Waals surface area contributed by atoms with Crippen LogP contribution < -0.4 is 5.32 Å². The van der Waals surface area contributed by atoms with E-state index in [-0.39, 0.29) is 18.4 Å². The van der Waals surface area contributed by atoms with Crippen molar-refractivity contribution in [2.45, 2.75) is 45.6 Å². The van der Waals surface area contributed by atoms with Gasteiger partial charge in [0, 0.05) is 16.6 Å². The number of benzene rings is 2. The van der Waals surface area contributed by atoms with Gasteiger partial charge in [0.15, 0.2) is 0 Å². The third kappa shape index (κ3) is 3.38. The summed E-state index contributed by atoms with van der Waals surface area (Å²) < 4.78 is 2.04. The largest absolute Gasteiger partial charge is 0.349 e. The van der Waals surface area contributed by atoms with E-state index in [1.807, 2.05) is 35.1 Å². The number of amides is 1. The number of nitrogens with one attached hydrogen (secondary N) is 2. The second-order valence-corrected chi connectivity index (χ2v) is 8.21. The molecule has 5 rings (SSSR count). The minimum atomic E-state index is -0.00454. The SMILES string of the molecule is Cc1cc(C)cc(-n2ncc3c2CCC[C@H]3NC(=O)Cc2[nH]nc3ccccc23)c1. The van der Waals surface area contributed by atoms with Crippen LogP contribution >= 0.6 is 0 Å². The predicted octanol–water partition coefficient (Wildman–Crippen LogP) is 4.10. The molecular formula is C24H25N5O. The molecular weight excluding hydrogens is 374 g/mol. The highest BCUT2D eigenvalue weighted by Gasteiger charge is 2.26. The quantitative estimate of drug-likeness (QED) is 0.542. The average Bonchev–Trinajstić information content (AvgIpc) is 3.32. The fraction of sp³-hybridized carbons (Fsp3) is 0.292. The van der Waals surface area contributed by atoms with E-state index in [1.165, 1.54) is 16.8 Å². The van der Waals surface area contributed by atoms with Crippen LogP contribution in [0.25, 0.3) is 16.6 Å². The molecule has 1 atom stereocenters. The molecule has 6 nitrogen and oxygen atoms in total. The average molecular weight is 399 g/mol. The molecule has 1 aliphatic carbocycles. The zero-order chi connectivity index (χ0) is 20.7. The lowest BCUT2D eigenvalue weighted by Crippen LogP contribution is -2.32. The van der Waals surface area contributed by atoms with Gasteiger partial charge in [-0.05, 0) is 62.4 Å². The summed E-state index contributed by atoms with van der Waals surface area (Å²) in [5, 5.41) is 16.2. The van der Waals surface area contributed by atoms with Crippen molar-refractivity contribution < 1.29 is 4.79 Å². The number of hydrogen-bond acceptors (Lipinski definition) is 3. The van der Waals surface area contributed by atoms with Crippen molar-refractivity contribution in [1.82, 2.24) is 25.3 Å². The molecule has 2 aromatic carbocycles. The first-order chi connectivity index (χ1) is 14.6. The number of carbonyl (C=O) groups is 1. The lowest BCUT2D eigenvalue weighted by Gasteiger charge is -2.24. The van der Waals surface area contributed by atoms with Crippen LogP contribution in [0.5, 0.6) is 0 Å². The number of aromatic nitrogens is 4. The van der Waals surface area contributed by atoms with Gasteiger partial charge in [-0.3, -0.25) is 9.89 Å². The van der Waals surface area contributed by atoms with Gasteiger partial charge >= 0.3 is 0 Å². The standard InChI is InChI=1S/C24H25N5O/c1-15-10-16(2)12-17(11-15)29-23-9-5-8-20(19(23)14-25-29)26-24(30)13-22-18-6-3-4-7-21(18)27-28-22/h3-4,6-7,10-12,14,20H,5,8-9,13H2,1-2H3,(H,26,30)(H,27,28)/t20-/m1/s1. The predicted molar refractivity (Wildman–Crippen MR) is 117 cm³/mol. The third-order valence-corrected chi connectivity index (χ3v) is 5.85. The summed E-state index contributed by atoms with van der Waals surface area (Å²) in [5.74, 6) is 0.00130. The molecule has 6 heteroatoms. The van der Waals surface area contributed by atoms with Gasteiger partial charge in [0.05, 0.1) is 35.6 Å². The second kappa shape index (κ2) is 7.44. The van der Waals surface area contributed by atoms with E-state index in [1.54, 1.807) is 0 Å². The number of rotatable bonds is 4. The number of fused-ring (bicyclic) bond motifs is 2. The van der Waals surface area contributed by atoms with E-state index in [4.69, 9.17) is 0 Å². The second-order valence-electron chi connectivity index (χ2n) is 8.21. The molecule has 0 spiro atoms. The molecule has 0 unspecified atom stereocenters. The van der Waals surface area contributed by atoms with Crippen LogP contribution in [0.15, 0.2) is 48.7 Å². The van der Waals surface area contributed by atoms with Gasteiger partial charge in [-0.2, -0.15) is 10.2 Å². The van der Waals surface area contributed by atoms with Crippen LogP contribution in [-0.2, 0) is 17.6 Å². The molecule has 0 saturated heterocycles.